The van der Waals surface area contributed by atoms with Gasteiger partial charge < -0.3 is 10.0 Å². The summed E-state index contributed by atoms with van der Waals surface area (Å²) in [6.45, 7) is 7.63. The molecule has 0 saturated heterocycles. The van der Waals surface area contributed by atoms with Gasteiger partial charge in [0.1, 0.15) is 0 Å². The van der Waals surface area contributed by atoms with Crippen molar-refractivity contribution in [2.24, 2.45) is 0 Å². The molecule has 10 heteroatoms. The SMILES string of the molecule is CCCCCCCN(CC)CCCC(O)c1ccc(NS(C)(=O)=O)cc1.O=S(=O)(O)c1ccccc1. The zero-order chi connectivity index (χ0) is 27.0. The Hall–Kier alpha value is -1.98. The van der Waals surface area contributed by atoms with Crippen LogP contribution in [-0.2, 0) is 20.1 Å². The van der Waals surface area contributed by atoms with E-state index in [1.54, 1.807) is 42.5 Å². The van der Waals surface area contributed by atoms with Crippen LogP contribution in [0.15, 0.2) is 59.5 Å². The number of anilines is 1. The van der Waals surface area contributed by atoms with Gasteiger partial charge in [-0.2, -0.15) is 8.42 Å². The summed E-state index contributed by atoms with van der Waals surface area (Å²) in [4.78, 5) is 2.38. The van der Waals surface area contributed by atoms with E-state index in [1.807, 2.05) is 0 Å². The highest BCUT2D eigenvalue weighted by molar-refractivity contribution is 7.92. The summed E-state index contributed by atoms with van der Waals surface area (Å²) in [5.41, 5.74) is 1.34. The molecule has 0 spiro atoms. The average Bonchev–Trinajstić information content (AvgIpc) is 2.82. The van der Waals surface area contributed by atoms with E-state index in [9.17, 15) is 21.9 Å². The van der Waals surface area contributed by atoms with Crippen molar-refractivity contribution < 1.29 is 26.5 Å². The lowest BCUT2D eigenvalue weighted by Crippen LogP contribution is -2.26. The second-order valence-corrected chi connectivity index (χ2v) is 12.0. The standard InChI is InChI=1S/C20H36N2O3S.C6H6O3S/c1-4-6-7-8-9-16-22(5-2)17-10-11-20(23)18-12-14-19(15-13-18)21-26(3,24)25;7-10(8,9)6-4-2-1-3-5-6/h12-15,20-21,23H,4-11,16-17H2,1-3H3;1-5H,(H,7,8,9). The van der Waals surface area contributed by atoms with Crippen LogP contribution in [0.5, 0.6) is 0 Å². The maximum absolute atomic E-state index is 11.2. The van der Waals surface area contributed by atoms with Gasteiger partial charge in [-0.1, -0.05) is 69.9 Å². The molecule has 0 fully saturated rings. The summed E-state index contributed by atoms with van der Waals surface area (Å²) in [6, 6.07) is 14.4. The number of hydrogen-bond donors (Lipinski definition) is 3. The summed E-state index contributed by atoms with van der Waals surface area (Å²) in [7, 11) is -7.27. The molecule has 2 rings (SSSR count). The van der Waals surface area contributed by atoms with Crippen molar-refractivity contribution in [3.63, 3.8) is 0 Å². The van der Waals surface area contributed by atoms with Crippen molar-refractivity contribution in [2.45, 2.75) is 69.8 Å². The Morgan fingerprint density at radius 3 is 1.92 bits per heavy atom. The number of nitrogens with zero attached hydrogens (tertiary/aromatic N) is 1. The summed E-state index contributed by atoms with van der Waals surface area (Å²) in [5.74, 6) is 0. The number of sulfonamides is 1. The monoisotopic (exact) mass is 542 g/mol. The van der Waals surface area contributed by atoms with Gasteiger partial charge in [-0.05, 0) is 68.7 Å². The second kappa shape index (κ2) is 16.7. The highest BCUT2D eigenvalue weighted by atomic mass is 32.2. The number of rotatable bonds is 15. The zero-order valence-corrected chi connectivity index (χ0v) is 23.3. The molecule has 0 heterocycles. The van der Waals surface area contributed by atoms with E-state index in [0.717, 1.165) is 37.9 Å². The third-order valence-corrected chi connectivity index (χ3v) is 7.09. The van der Waals surface area contributed by atoms with Crippen LogP contribution in [0.25, 0.3) is 0 Å². The maximum Gasteiger partial charge on any atom is 0.294 e. The van der Waals surface area contributed by atoms with Crippen LogP contribution in [0.4, 0.5) is 5.69 Å². The van der Waals surface area contributed by atoms with Crippen molar-refractivity contribution in [1.29, 1.82) is 0 Å². The first-order valence-corrected chi connectivity index (χ1v) is 15.8. The van der Waals surface area contributed by atoms with Crippen LogP contribution in [-0.4, -0.2) is 57.3 Å². The van der Waals surface area contributed by atoms with Crippen LogP contribution < -0.4 is 4.72 Å². The minimum absolute atomic E-state index is 0.0741. The fourth-order valence-electron chi connectivity index (χ4n) is 3.62. The van der Waals surface area contributed by atoms with Gasteiger partial charge in [0.2, 0.25) is 10.0 Å². The van der Waals surface area contributed by atoms with E-state index >= 15 is 0 Å². The van der Waals surface area contributed by atoms with Crippen LogP contribution in [0.2, 0.25) is 0 Å². The topological polar surface area (TPSA) is 124 Å². The summed E-state index contributed by atoms with van der Waals surface area (Å²) in [6.07, 6.45) is 8.78. The van der Waals surface area contributed by atoms with Crippen molar-refractivity contribution in [2.75, 3.05) is 30.6 Å². The molecule has 204 valence electrons. The molecule has 0 aromatic heterocycles. The third kappa shape index (κ3) is 14.5. The Labute approximate surface area is 217 Å². The van der Waals surface area contributed by atoms with E-state index < -0.39 is 26.2 Å². The van der Waals surface area contributed by atoms with Crippen LogP contribution in [0, 0.1) is 0 Å². The molecule has 0 amide bonds. The van der Waals surface area contributed by atoms with Gasteiger partial charge in [0.25, 0.3) is 10.1 Å². The molecule has 8 nitrogen and oxygen atoms in total. The smallest absolute Gasteiger partial charge is 0.294 e. The molecule has 0 aliphatic heterocycles. The lowest BCUT2D eigenvalue weighted by atomic mass is 10.0. The van der Waals surface area contributed by atoms with Gasteiger partial charge in [0.15, 0.2) is 0 Å². The molecule has 36 heavy (non-hydrogen) atoms. The lowest BCUT2D eigenvalue weighted by Gasteiger charge is -2.21. The summed E-state index contributed by atoms with van der Waals surface area (Å²) in [5, 5.41) is 10.3. The average molecular weight is 543 g/mol. The molecule has 2 aromatic carbocycles. The maximum atomic E-state index is 11.2. The number of hydrogen-bond acceptors (Lipinski definition) is 6. The predicted molar refractivity (Wildman–Crippen MR) is 146 cm³/mol. The van der Waals surface area contributed by atoms with Crippen LogP contribution in [0.1, 0.15) is 70.5 Å². The molecule has 0 aliphatic rings. The number of benzene rings is 2. The van der Waals surface area contributed by atoms with E-state index in [-0.39, 0.29) is 4.90 Å². The number of aliphatic hydroxyl groups is 1. The van der Waals surface area contributed by atoms with Gasteiger partial charge in [-0.3, -0.25) is 9.27 Å². The summed E-state index contributed by atoms with van der Waals surface area (Å²) < 4.78 is 54.1. The molecule has 0 bridgehead atoms. The second-order valence-electron chi connectivity index (χ2n) is 8.79. The van der Waals surface area contributed by atoms with Gasteiger partial charge >= 0.3 is 0 Å². The number of aliphatic hydroxyl groups excluding tert-OH is 1. The molecule has 2 aromatic rings. The Balaban J connectivity index is 0.000000537. The molecule has 3 N–H and O–H groups in total. The minimum Gasteiger partial charge on any atom is -0.388 e. The Morgan fingerprint density at radius 2 is 1.42 bits per heavy atom. The van der Waals surface area contributed by atoms with Gasteiger partial charge in [0, 0.05) is 5.69 Å². The van der Waals surface area contributed by atoms with E-state index in [2.05, 4.69) is 23.5 Å². The molecule has 0 saturated carbocycles. The lowest BCUT2D eigenvalue weighted by molar-refractivity contribution is 0.155. The predicted octanol–water partition coefficient (Wildman–Crippen LogP) is 5.10. The third-order valence-electron chi connectivity index (χ3n) is 5.62. The van der Waals surface area contributed by atoms with Gasteiger partial charge in [-0.25, -0.2) is 8.42 Å². The van der Waals surface area contributed by atoms with Crippen molar-refractivity contribution in [3.8, 4) is 0 Å². The molecular formula is C26H42N2O6S2. The molecule has 0 aliphatic carbocycles. The first-order chi connectivity index (χ1) is 17.0. The highest BCUT2D eigenvalue weighted by Gasteiger charge is 2.10. The Bertz CT molecular complexity index is 1060. The number of nitrogens with one attached hydrogen (secondary N) is 1. The van der Waals surface area contributed by atoms with E-state index in [1.165, 1.54) is 44.2 Å². The Kier molecular flexibility index (Phi) is 14.9. The van der Waals surface area contributed by atoms with Gasteiger partial charge in [-0.15, -0.1) is 0 Å². The van der Waals surface area contributed by atoms with Crippen molar-refractivity contribution >= 4 is 25.8 Å². The number of unbranched alkanes of at least 4 members (excludes halogenated alkanes) is 4. The minimum atomic E-state index is -4.00. The largest absolute Gasteiger partial charge is 0.388 e. The van der Waals surface area contributed by atoms with E-state index in [4.69, 9.17) is 4.55 Å². The quantitative estimate of drug-likeness (QED) is 0.211. The van der Waals surface area contributed by atoms with Crippen LogP contribution >= 0.6 is 0 Å². The van der Waals surface area contributed by atoms with Gasteiger partial charge in [0.05, 0.1) is 17.3 Å². The first-order valence-electron chi connectivity index (χ1n) is 12.5. The Morgan fingerprint density at radius 1 is 0.833 bits per heavy atom. The zero-order valence-electron chi connectivity index (χ0n) is 21.6. The molecular weight excluding hydrogens is 500 g/mol. The highest BCUT2D eigenvalue weighted by Crippen LogP contribution is 2.21. The van der Waals surface area contributed by atoms with Crippen molar-refractivity contribution in [1.82, 2.24) is 4.90 Å². The van der Waals surface area contributed by atoms with E-state index in [0.29, 0.717) is 12.1 Å². The fraction of sp³-hybridized carbons (Fsp3) is 0.538. The molecule has 0 radical (unpaired) electrons. The first kappa shape index (κ1) is 32.0. The summed E-state index contributed by atoms with van der Waals surface area (Å²) >= 11 is 0. The van der Waals surface area contributed by atoms with Crippen LogP contribution in [0.3, 0.4) is 0 Å². The normalized spacial score (nSPS) is 12.6. The van der Waals surface area contributed by atoms with Crippen molar-refractivity contribution in [3.05, 3.63) is 60.2 Å². The fourth-order valence-corrected chi connectivity index (χ4v) is 4.69. The molecule has 1 atom stereocenters. The molecule has 1 unspecified atom stereocenters.